The van der Waals surface area contributed by atoms with Crippen LogP contribution in [0, 0.1) is 0 Å². The predicted molar refractivity (Wildman–Crippen MR) is 74.2 cm³/mol. The SMILES string of the molecule is O=C(NC1CCN(C(=O)CCl)CC1)c1ccc(Br)o1. The zero-order chi connectivity index (χ0) is 13.8. The van der Waals surface area contributed by atoms with Crippen LogP contribution >= 0.6 is 27.5 Å². The summed E-state index contributed by atoms with van der Waals surface area (Å²) in [5, 5.41) is 2.90. The number of carbonyl (C=O) groups is 2. The Bertz CT molecular complexity index is 469. The van der Waals surface area contributed by atoms with E-state index in [1.54, 1.807) is 17.0 Å². The number of hydrogen-bond acceptors (Lipinski definition) is 3. The number of furan rings is 1. The highest BCUT2D eigenvalue weighted by Gasteiger charge is 2.24. The Balaban J connectivity index is 1.82. The fourth-order valence-electron chi connectivity index (χ4n) is 2.05. The minimum absolute atomic E-state index is 0.0114. The van der Waals surface area contributed by atoms with E-state index in [1.165, 1.54) is 0 Å². The highest BCUT2D eigenvalue weighted by molar-refractivity contribution is 9.10. The smallest absolute Gasteiger partial charge is 0.287 e. The van der Waals surface area contributed by atoms with Crippen LogP contribution in [0.4, 0.5) is 0 Å². The van der Waals surface area contributed by atoms with E-state index in [2.05, 4.69) is 21.2 Å². The number of rotatable bonds is 3. The van der Waals surface area contributed by atoms with Crippen LogP contribution in [0.5, 0.6) is 0 Å². The molecule has 0 bridgehead atoms. The van der Waals surface area contributed by atoms with E-state index in [1.807, 2.05) is 0 Å². The van der Waals surface area contributed by atoms with Crippen molar-refractivity contribution in [1.82, 2.24) is 10.2 Å². The zero-order valence-corrected chi connectivity index (χ0v) is 12.5. The van der Waals surface area contributed by atoms with E-state index in [-0.39, 0.29) is 29.5 Å². The first-order valence-electron chi connectivity index (χ1n) is 6.00. The number of halogens is 2. The maximum absolute atomic E-state index is 11.9. The van der Waals surface area contributed by atoms with Gasteiger partial charge < -0.3 is 14.6 Å². The Hall–Kier alpha value is -1.01. The van der Waals surface area contributed by atoms with Gasteiger partial charge in [0.15, 0.2) is 10.4 Å². The molecule has 0 unspecified atom stereocenters. The highest BCUT2D eigenvalue weighted by atomic mass is 79.9. The van der Waals surface area contributed by atoms with Gasteiger partial charge in [-0.25, -0.2) is 0 Å². The first-order chi connectivity index (χ1) is 9.10. The maximum Gasteiger partial charge on any atom is 0.287 e. The number of nitrogens with zero attached hydrogens (tertiary/aromatic N) is 1. The standard InChI is InChI=1S/C12H14BrClN2O3/c13-10-2-1-9(19-10)12(18)15-8-3-5-16(6-4-8)11(17)7-14/h1-2,8H,3-7H2,(H,15,18). The Morgan fingerprint density at radius 1 is 1.42 bits per heavy atom. The molecule has 104 valence electrons. The monoisotopic (exact) mass is 348 g/mol. The summed E-state index contributed by atoms with van der Waals surface area (Å²) < 4.78 is 5.71. The minimum atomic E-state index is -0.229. The van der Waals surface area contributed by atoms with Gasteiger partial charge in [-0.1, -0.05) is 0 Å². The van der Waals surface area contributed by atoms with Crippen molar-refractivity contribution in [1.29, 1.82) is 0 Å². The van der Waals surface area contributed by atoms with Crippen LogP contribution < -0.4 is 5.32 Å². The highest BCUT2D eigenvalue weighted by Crippen LogP contribution is 2.15. The summed E-state index contributed by atoms with van der Waals surface area (Å²) in [6, 6.07) is 3.36. The summed E-state index contributed by atoms with van der Waals surface area (Å²) >= 11 is 8.66. The molecule has 0 aliphatic carbocycles. The van der Waals surface area contributed by atoms with Gasteiger partial charge in [-0.3, -0.25) is 9.59 Å². The summed E-state index contributed by atoms with van der Waals surface area (Å²) in [6.45, 7) is 1.25. The molecule has 1 aliphatic rings. The lowest BCUT2D eigenvalue weighted by atomic mass is 10.0. The normalized spacial score (nSPS) is 16.4. The van der Waals surface area contributed by atoms with Gasteiger partial charge in [0.25, 0.3) is 5.91 Å². The van der Waals surface area contributed by atoms with Crippen LogP contribution in [0.15, 0.2) is 21.2 Å². The third-order valence-electron chi connectivity index (χ3n) is 3.09. The van der Waals surface area contributed by atoms with Gasteiger partial charge in [-0.05, 0) is 40.9 Å². The lowest BCUT2D eigenvalue weighted by molar-refractivity contribution is -0.129. The van der Waals surface area contributed by atoms with Gasteiger partial charge in [0.1, 0.15) is 5.88 Å². The fraction of sp³-hybridized carbons (Fsp3) is 0.500. The molecular formula is C12H14BrClN2O3. The van der Waals surface area contributed by atoms with Crippen molar-refractivity contribution in [2.75, 3.05) is 19.0 Å². The summed E-state index contributed by atoms with van der Waals surface area (Å²) in [5.74, 6) is 0.0117. The Kier molecular flexibility index (Phi) is 4.87. The van der Waals surface area contributed by atoms with Gasteiger partial charge >= 0.3 is 0 Å². The van der Waals surface area contributed by atoms with Crippen molar-refractivity contribution in [3.63, 3.8) is 0 Å². The third-order valence-corrected chi connectivity index (χ3v) is 3.75. The molecule has 2 rings (SSSR count). The average Bonchev–Trinajstić information content (AvgIpc) is 2.85. The number of carbonyl (C=O) groups excluding carboxylic acids is 2. The molecule has 1 aromatic rings. The maximum atomic E-state index is 11.9. The Labute approximate surface area is 124 Å². The molecule has 1 aromatic heterocycles. The van der Waals surface area contributed by atoms with Crippen molar-refractivity contribution >= 4 is 39.3 Å². The fourth-order valence-corrected chi connectivity index (χ4v) is 2.53. The van der Waals surface area contributed by atoms with E-state index in [9.17, 15) is 9.59 Å². The van der Waals surface area contributed by atoms with E-state index in [4.69, 9.17) is 16.0 Å². The van der Waals surface area contributed by atoms with E-state index in [0.29, 0.717) is 17.8 Å². The minimum Gasteiger partial charge on any atom is -0.444 e. The molecule has 0 spiro atoms. The van der Waals surface area contributed by atoms with Gasteiger partial charge in [0.05, 0.1) is 0 Å². The number of amides is 2. The van der Waals surface area contributed by atoms with E-state index < -0.39 is 0 Å². The lowest BCUT2D eigenvalue weighted by Crippen LogP contribution is -2.46. The second-order valence-electron chi connectivity index (χ2n) is 4.37. The third kappa shape index (κ3) is 3.73. The molecule has 7 heteroatoms. The average molecular weight is 350 g/mol. The summed E-state index contributed by atoms with van der Waals surface area (Å²) in [7, 11) is 0. The molecule has 5 nitrogen and oxygen atoms in total. The molecule has 0 atom stereocenters. The first kappa shape index (κ1) is 14.4. The topological polar surface area (TPSA) is 62.6 Å². The second kappa shape index (κ2) is 6.43. The number of alkyl halides is 1. The van der Waals surface area contributed by atoms with Crippen LogP contribution in [-0.2, 0) is 4.79 Å². The number of likely N-dealkylation sites (tertiary alicyclic amines) is 1. The van der Waals surface area contributed by atoms with Crippen molar-refractivity contribution in [2.24, 2.45) is 0 Å². The quantitative estimate of drug-likeness (QED) is 0.849. The number of nitrogens with one attached hydrogen (secondary N) is 1. The van der Waals surface area contributed by atoms with E-state index >= 15 is 0 Å². The molecule has 0 radical (unpaired) electrons. The predicted octanol–water partition coefficient (Wildman–Crippen LogP) is 2.00. The van der Waals surface area contributed by atoms with E-state index in [0.717, 1.165) is 12.8 Å². The van der Waals surface area contributed by atoms with Crippen LogP contribution in [0.25, 0.3) is 0 Å². The number of piperidine rings is 1. The van der Waals surface area contributed by atoms with Gasteiger partial charge in [0, 0.05) is 19.1 Å². The van der Waals surface area contributed by atoms with Crippen LogP contribution in [0.2, 0.25) is 0 Å². The van der Waals surface area contributed by atoms with Crippen molar-refractivity contribution in [3.05, 3.63) is 22.6 Å². The molecule has 1 saturated heterocycles. The summed E-state index contributed by atoms with van der Waals surface area (Å²) in [5.41, 5.74) is 0. The van der Waals surface area contributed by atoms with Gasteiger partial charge in [0.2, 0.25) is 5.91 Å². The molecule has 1 fully saturated rings. The summed E-state index contributed by atoms with van der Waals surface area (Å²) in [4.78, 5) is 25.0. The zero-order valence-electron chi connectivity index (χ0n) is 10.2. The number of hydrogen-bond donors (Lipinski definition) is 1. The van der Waals surface area contributed by atoms with Crippen molar-refractivity contribution in [3.8, 4) is 0 Å². The largest absolute Gasteiger partial charge is 0.444 e. The first-order valence-corrected chi connectivity index (χ1v) is 7.33. The lowest BCUT2D eigenvalue weighted by Gasteiger charge is -2.31. The molecule has 2 heterocycles. The van der Waals surface area contributed by atoms with Crippen molar-refractivity contribution < 1.29 is 14.0 Å². The van der Waals surface area contributed by atoms with Crippen LogP contribution in [-0.4, -0.2) is 41.7 Å². The van der Waals surface area contributed by atoms with Gasteiger partial charge in [-0.2, -0.15) is 0 Å². The molecule has 0 saturated carbocycles. The Morgan fingerprint density at radius 2 is 2.11 bits per heavy atom. The molecular weight excluding hydrogens is 336 g/mol. The molecule has 1 N–H and O–H groups in total. The Morgan fingerprint density at radius 3 is 2.63 bits per heavy atom. The molecule has 1 aliphatic heterocycles. The molecule has 0 aromatic carbocycles. The molecule has 2 amide bonds. The van der Waals surface area contributed by atoms with Crippen molar-refractivity contribution in [2.45, 2.75) is 18.9 Å². The summed E-state index contributed by atoms with van der Waals surface area (Å²) in [6.07, 6.45) is 1.46. The van der Waals surface area contributed by atoms with Crippen LogP contribution in [0.1, 0.15) is 23.4 Å². The van der Waals surface area contributed by atoms with Crippen LogP contribution in [0.3, 0.4) is 0 Å². The van der Waals surface area contributed by atoms with Gasteiger partial charge in [-0.15, -0.1) is 11.6 Å². The second-order valence-corrected chi connectivity index (χ2v) is 5.41. The molecule has 19 heavy (non-hydrogen) atoms.